The van der Waals surface area contributed by atoms with Crippen molar-refractivity contribution < 1.29 is 14.3 Å². The van der Waals surface area contributed by atoms with E-state index >= 15 is 0 Å². The number of piperidine rings is 1. The van der Waals surface area contributed by atoms with Crippen molar-refractivity contribution >= 4 is 35.0 Å². The van der Waals surface area contributed by atoms with Gasteiger partial charge in [0.05, 0.1) is 5.56 Å². The number of rotatable bonds is 7. The Kier molecular flexibility index (Phi) is 8.12. The second-order valence-corrected chi connectivity index (χ2v) is 9.96. The zero-order valence-corrected chi connectivity index (χ0v) is 22.0. The average Bonchev–Trinajstić information content (AvgIpc) is 2.97. The molecule has 5 N–H and O–H groups in total. The Morgan fingerprint density at radius 1 is 0.923 bits per heavy atom. The molecular formula is C29H35N7O3. The molecule has 3 aromatic rings. The summed E-state index contributed by atoms with van der Waals surface area (Å²) in [6, 6.07) is 21.3. The SMILES string of the molecule is NC(=O)c1ccc(N2CCCC(N)C2)nc1Nc1ccc(N2CCN(C(=O)OCc3ccccc3)CC2)cc1. The summed E-state index contributed by atoms with van der Waals surface area (Å²) in [4.78, 5) is 35.4. The van der Waals surface area contributed by atoms with Crippen LogP contribution in [0.5, 0.6) is 0 Å². The number of pyridine rings is 1. The molecule has 0 aliphatic carbocycles. The van der Waals surface area contributed by atoms with Crippen LogP contribution in [0.3, 0.4) is 0 Å². The number of amides is 2. The fourth-order valence-corrected chi connectivity index (χ4v) is 4.99. The quantitative estimate of drug-likeness (QED) is 0.425. The Hall–Kier alpha value is -4.31. The van der Waals surface area contributed by atoms with Crippen LogP contribution >= 0.6 is 0 Å². The highest BCUT2D eigenvalue weighted by molar-refractivity contribution is 5.98. The molecule has 204 valence electrons. The number of hydrogen-bond donors (Lipinski definition) is 3. The van der Waals surface area contributed by atoms with Gasteiger partial charge < -0.3 is 36.2 Å². The highest BCUT2D eigenvalue weighted by Crippen LogP contribution is 2.26. The first-order valence-corrected chi connectivity index (χ1v) is 13.4. The number of ether oxygens (including phenoxy) is 1. The van der Waals surface area contributed by atoms with Gasteiger partial charge in [0.25, 0.3) is 5.91 Å². The molecule has 1 atom stereocenters. The number of anilines is 4. The summed E-state index contributed by atoms with van der Waals surface area (Å²) in [6.45, 7) is 4.48. The van der Waals surface area contributed by atoms with Crippen LogP contribution in [0.4, 0.5) is 27.8 Å². The van der Waals surface area contributed by atoms with E-state index in [-0.39, 0.29) is 18.7 Å². The number of nitrogens with zero attached hydrogens (tertiary/aromatic N) is 4. The fraction of sp³-hybridized carbons (Fsp3) is 0.345. The van der Waals surface area contributed by atoms with Crippen LogP contribution in [0.15, 0.2) is 66.7 Å². The van der Waals surface area contributed by atoms with Gasteiger partial charge in [0.2, 0.25) is 0 Å². The van der Waals surface area contributed by atoms with Gasteiger partial charge in [0.15, 0.2) is 0 Å². The van der Waals surface area contributed by atoms with Gasteiger partial charge >= 0.3 is 6.09 Å². The topological polar surface area (TPSA) is 130 Å². The lowest BCUT2D eigenvalue weighted by atomic mass is 10.1. The van der Waals surface area contributed by atoms with Crippen LogP contribution in [0, 0.1) is 0 Å². The van der Waals surface area contributed by atoms with Crippen LogP contribution in [0.25, 0.3) is 0 Å². The highest BCUT2D eigenvalue weighted by atomic mass is 16.6. The van der Waals surface area contributed by atoms with Crippen molar-refractivity contribution in [2.24, 2.45) is 11.5 Å². The van der Waals surface area contributed by atoms with Gasteiger partial charge in [-0.05, 0) is 54.8 Å². The number of hydrogen-bond acceptors (Lipinski definition) is 8. The summed E-state index contributed by atoms with van der Waals surface area (Å²) in [7, 11) is 0. The monoisotopic (exact) mass is 529 g/mol. The Morgan fingerprint density at radius 2 is 1.67 bits per heavy atom. The maximum atomic E-state index is 12.5. The molecule has 10 heteroatoms. The summed E-state index contributed by atoms with van der Waals surface area (Å²) in [5.74, 6) is 0.660. The van der Waals surface area contributed by atoms with Crippen molar-refractivity contribution in [1.29, 1.82) is 0 Å². The van der Waals surface area contributed by atoms with E-state index in [0.29, 0.717) is 37.6 Å². The number of nitrogens with one attached hydrogen (secondary N) is 1. The van der Waals surface area contributed by atoms with Crippen LogP contribution < -0.4 is 26.6 Å². The van der Waals surface area contributed by atoms with E-state index in [9.17, 15) is 9.59 Å². The standard InChI is InChI=1S/C29H35N7O3/c30-22-7-4-14-36(19-22)26-13-12-25(27(31)37)28(33-26)32-23-8-10-24(11-9-23)34-15-17-35(18-16-34)29(38)39-20-21-5-2-1-3-6-21/h1-3,5-6,8-13,22H,4,7,14-20,30H2,(H2,31,37)(H,32,33). The summed E-state index contributed by atoms with van der Waals surface area (Å²) in [5, 5.41) is 3.27. The maximum absolute atomic E-state index is 12.5. The van der Waals surface area contributed by atoms with Gasteiger partial charge in [-0.2, -0.15) is 0 Å². The number of carbonyl (C=O) groups is 2. The molecule has 2 aliphatic rings. The van der Waals surface area contributed by atoms with E-state index in [1.54, 1.807) is 11.0 Å². The number of piperazine rings is 1. The molecule has 0 saturated carbocycles. The van der Waals surface area contributed by atoms with Gasteiger partial charge in [0, 0.05) is 56.7 Å². The fourth-order valence-electron chi connectivity index (χ4n) is 4.99. The zero-order valence-electron chi connectivity index (χ0n) is 22.0. The number of nitrogens with two attached hydrogens (primary N) is 2. The second-order valence-electron chi connectivity index (χ2n) is 9.96. The molecular weight excluding hydrogens is 494 g/mol. The van der Waals surface area contributed by atoms with E-state index in [1.165, 1.54) is 0 Å². The first-order valence-electron chi connectivity index (χ1n) is 13.4. The van der Waals surface area contributed by atoms with E-state index in [0.717, 1.165) is 48.7 Å². The third kappa shape index (κ3) is 6.58. The maximum Gasteiger partial charge on any atom is 0.410 e. The largest absolute Gasteiger partial charge is 0.445 e. The van der Waals surface area contributed by atoms with Gasteiger partial charge in [-0.3, -0.25) is 4.79 Å². The lowest BCUT2D eigenvalue weighted by Gasteiger charge is -2.35. The number of aromatic nitrogens is 1. The molecule has 0 radical (unpaired) electrons. The number of carbonyl (C=O) groups excluding carboxylic acids is 2. The molecule has 2 amide bonds. The second kappa shape index (κ2) is 12.0. The Labute approximate surface area is 228 Å². The van der Waals surface area contributed by atoms with E-state index < -0.39 is 5.91 Å². The smallest absolute Gasteiger partial charge is 0.410 e. The first-order chi connectivity index (χ1) is 19.0. The van der Waals surface area contributed by atoms with E-state index in [2.05, 4.69) is 15.1 Å². The molecule has 0 bridgehead atoms. The molecule has 1 unspecified atom stereocenters. The third-order valence-corrected chi connectivity index (χ3v) is 7.17. The van der Waals surface area contributed by atoms with Crippen LogP contribution in [0.1, 0.15) is 28.8 Å². The molecule has 2 saturated heterocycles. The Balaban J connectivity index is 1.18. The van der Waals surface area contributed by atoms with Crippen LogP contribution in [-0.2, 0) is 11.3 Å². The van der Waals surface area contributed by atoms with Crippen molar-refractivity contribution in [3.05, 3.63) is 77.9 Å². The molecule has 2 aromatic carbocycles. The molecule has 39 heavy (non-hydrogen) atoms. The highest BCUT2D eigenvalue weighted by Gasteiger charge is 2.23. The van der Waals surface area contributed by atoms with Gasteiger partial charge in [-0.1, -0.05) is 30.3 Å². The van der Waals surface area contributed by atoms with Crippen molar-refractivity contribution in [2.45, 2.75) is 25.5 Å². The van der Waals surface area contributed by atoms with Gasteiger partial charge in [0.1, 0.15) is 18.2 Å². The molecule has 0 spiro atoms. The van der Waals surface area contributed by atoms with Gasteiger partial charge in [-0.25, -0.2) is 9.78 Å². The number of benzene rings is 2. The molecule has 2 aliphatic heterocycles. The van der Waals surface area contributed by atoms with Crippen molar-refractivity contribution in [2.75, 3.05) is 54.4 Å². The lowest BCUT2D eigenvalue weighted by Crippen LogP contribution is -2.48. The van der Waals surface area contributed by atoms with E-state index in [4.69, 9.17) is 21.2 Å². The summed E-state index contributed by atoms with van der Waals surface area (Å²) >= 11 is 0. The predicted octanol–water partition coefficient (Wildman–Crippen LogP) is 3.31. The minimum absolute atomic E-state index is 0.113. The lowest BCUT2D eigenvalue weighted by molar-refractivity contribution is 0.0941. The summed E-state index contributed by atoms with van der Waals surface area (Å²) in [5.41, 5.74) is 14.9. The van der Waals surface area contributed by atoms with Crippen molar-refractivity contribution in [1.82, 2.24) is 9.88 Å². The first kappa shape index (κ1) is 26.3. The van der Waals surface area contributed by atoms with Crippen LogP contribution in [0.2, 0.25) is 0 Å². The zero-order chi connectivity index (χ0) is 27.2. The molecule has 3 heterocycles. The van der Waals surface area contributed by atoms with Crippen molar-refractivity contribution in [3.63, 3.8) is 0 Å². The normalized spacial score (nSPS) is 17.6. The van der Waals surface area contributed by atoms with Gasteiger partial charge in [-0.15, -0.1) is 0 Å². The molecule has 1 aromatic heterocycles. The minimum Gasteiger partial charge on any atom is -0.445 e. The number of primary amides is 1. The Bertz CT molecular complexity index is 1280. The van der Waals surface area contributed by atoms with E-state index in [1.807, 2.05) is 60.7 Å². The molecule has 10 nitrogen and oxygen atoms in total. The molecule has 2 fully saturated rings. The summed E-state index contributed by atoms with van der Waals surface area (Å²) in [6.07, 6.45) is 1.72. The minimum atomic E-state index is -0.538. The summed E-state index contributed by atoms with van der Waals surface area (Å²) < 4.78 is 5.47. The third-order valence-electron chi connectivity index (χ3n) is 7.17. The predicted molar refractivity (Wildman–Crippen MR) is 152 cm³/mol. The van der Waals surface area contributed by atoms with Crippen LogP contribution in [-0.4, -0.2) is 67.2 Å². The molecule has 5 rings (SSSR count). The average molecular weight is 530 g/mol. The Morgan fingerprint density at radius 3 is 2.36 bits per heavy atom. The van der Waals surface area contributed by atoms with Crippen molar-refractivity contribution in [3.8, 4) is 0 Å².